The van der Waals surface area contributed by atoms with Gasteiger partial charge in [0, 0.05) is 43.8 Å². The minimum absolute atomic E-state index is 0.0609. The van der Waals surface area contributed by atoms with Crippen molar-refractivity contribution in [2.45, 2.75) is 19.3 Å². The molecule has 3 nitrogen and oxygen atoms in total. The number of hydrogen-bond acceptors (Lipinski definition) is 3. The molecule has 1 aliphatic carbocycles. The average Bonchev–Trinajstić information content (AvgIpc) is 3.67. The largest absolute Gasteiger partial charge is 0.455 e. The Bertz CT molecular complexity index is 2350. The maximum atomic E-state index is 6.74. The first kappa shape index (κ1) is 23.4. The van der Waals surface area contributed by atoms with Crippen LogP contribution in [0.1, 0.15) is 25.0 Å². The van der Waals surface area contributed by atoms with Gasteiger partial charge in [0.1, 0.15) is 16.7 Å². The molecule has 0 saturated heterocycles. The van der Waals surface area contributed by atoms with Crippen molar-refractivity contribution in [1.29, 1.82) is 0 Å². The summed E-state index contributed by atoms with van der Waals surface area (Å²) in [4.78, 5) is 0. The number of benzene rings is 6. The quantitative estimate of drug-likeness (QED) is 0.242. The van der Waals surface area contributed by atoms with Crippen molar-refractivity contribution in [1.82, 2.24) is 0 Å². The van der Waals surface area contributed by atoms with E-state index in [0.717, 1.165) is 66.4 Å². The maximum absolute atomic E-state index is 6.74. The van der Waals surface area contributed by atoms with E-state index in [4.69, 9.17) is 8.83 Å². The molecule has 0 spiro atoms. The molecular formula is C39H27NO2. The first-order valence-corrected chi connectivity index (χ1v) is 14.4. The molecule has 0 unspecified atom stereocenters. The van der Waals surface area contributed by atoms with E-state index in [9.17, 15) is 0 Å². The molecule has 0 fully saturated rings. The third kappa shape index (κ3) is 3.16. The Hall–Kier alpha value is -5.28. The lowest BCUT2D eigenvalue weighted by atomic mass is 9.82. The summed E-state index contributed by atoms with van der Waals surface area (Å²) in [6.45, 7) is 4.61. The molecule has 3 heteroatoms. The summed E-state index contributed by atoms with van der Waals surface area (Å²) < 4.78 is 13.0. The Kier molecular flexibility index (Phi) is 4.67. The smallest absolute Gasteiger partial charge is 0.158 e. The maximum Gasteiger partial charge on any atom is 0.158 e. The molecule has 2 heterocycles. The lowest BCUT2D eigenvalue weighted by Crippen LogP contribution is -2.14. The van der Waals surface area contributed by atoms with Gasteiger partial charge in [-0.1, -0.05) is 111 Å². The summed E-state index contributed by atoms with van der Waals surface area (Å²) in [7, 11) is 0. The highest BCUT2D eigenvalue weighted by atomic mass is 16.3. The fourth-order valence-corrected chi connectivity index (χ4v) is 7.00. The standard InChI is InChI=1S/C39H27NO2/c1-39(2)31-14-5-3-10-30(31)35-32(39)22-21-29-28-13-8-15-33(37(28)42-38(29)35)40-24-19-17-23(18-20-24)25-11-7-12-27-26-9-4-6-16-34(26)41-36(25)27/h3-22,40H,1-2H3. The van der Waals surface area contributed by atoms with Crippen molar-refractivity contribution >= 4 is 55.3 Å². The zero-order valence-corrected chi connectivity index (χ0v) is 23.4. The van der Waals surface area contributed by atoms with Crippen LogP contribution in [0.15, 0.2) is 130 Å². The highest BCUT2D eigenvalue weighted by Crippen LogP contribution is 2.52. The summed E-state index contributed by atoms with van der Waals surface area (Å²) in [6, 6.07) is 42.7. The van der Waals surface area contributed by atoms with E-state index in [1.807, 2.05) is 12.1 Å². The van der Waals surface area contributed by atoms with E-state index in [2.05, 4.69) is 128 Å². The highest BCUT2D eigenvalue weighted by Gasteiger charge is 2.37. The van der Waals surface area contributed by atoms with Gasteiger partial charge in [0.05, 0.1) is 5.69 Å². The summed E-state index contributed by atoms with van der Waals surface area (Å²) in [5, 5.41) is 8.18. The van der Waals surface area contributed by atoms with Gasteiger partial charge < -0.3 is 14.2 Å². The number of anilines is 2. The minimum Gasteiger partial charge on any atom is -0.455 e. The average molecular weight is 542 g/mol. The predicted molar refractivity (Wildman–Crippen MR) is 174 cm³/mol. The summed E-state index contributed by atoms with van der Waals surface area (Å²) >= 11 is 0. The van der Waals surface area contributed by atoms with E-state index >= 15 is 0 Å². The molecule has 0 atom stereocenters. The summed E-state index contributed by atoms with van der Waals surface area (Å²) in [5.74, 6) is 0. The molecule has 42 heavy (non-hydrogen) atoms. The first-order valence-electron chi connectivity index (χ1n) is 14.4. The Morgan fingerprint density at radius 2 is 1.19 bits per heavy atom. The van der Waals surface area contributed by atoms with Gasteiger partial charge in [-0.3, -0.25) is 0 Å². The molecule has 0 saturated carbocycles. The normalized spacial score (nSPS) is 13.7. The van der Waals surface area contributed by atoms with Crippen LogP contribution in [0, 0.1) is 0 Å². The second-order valence-electron chi connectivity index (χ2n) is 11.8. The SMILES string of the molecule is CC1(C)c2ccccc2-c2c1ccc1c2oc2c(Nc3ccc(-c4cccc5c4oc4ccccc45)cc3)cccc21. The van der Waals surface area contributed by atoms with Gasteiger partial charge in [-0.15, -0.1) is 0 Å². The topological polar surface area (TPSA) is 38.3 Å². The van der Waals surface area contributed by atoms with Gasteiger partial charge in [0.25, 0.3) is 0 Å². The van der Waals surface area contributed by atoms with Crippen molar-refractivity contribution in [2.24, 2.45) is 0 Å². The van der Waals surface area contributed by atoms with E-state index in [-0.39, 0.29) is 5.41 Å². The molecule has 200 valence electrons. The number of rotatable bonds is 3. The number of furan rings is 2. The molecule has 0 bridgehead atoms. The van der Waals surface area contributed by atoms with E-state index < -0.39 is 0 Å². The first-order chi connectivity index (χ1) is 20.6. The van der Waals surface area contributed by atoms with Crippen molar-refractivity contribution in [3.05, 3.63) is 132 Å². The van der Waals surface area contributed by atoms with Crippen molar-refractivity contribution in [3.8, 4) is 22.3 Å². The molecule has 8 aromatic rings. The van der Waals surface area contributed by atoms with Crippen LogP contribution in [-0.4, -0.2) is 0 Å². The van der Waals surface area contributed by atoms with E-state index in [0.29, 0.717) is 0 Å². The van der Waals surface area contributed by atoms with Crippen LogP contribution in [0.4, 0.5) is 11.4 Å². The zero-order chi connectivity index (χ0) is 28.0. The Balaban J connectivity index is 1.12. The Morgan fingerprint density at radius 1 is 0.500 bits per heavy atom. The Labute approximate surface area is 243 Å². The minimum atomic E-state index is -0.0609. The molecule has 1 aliphatic rings. The van der Waals surface area contributed by atoms with Crippen LogP contribution in [0.5, 0.6) is 0 Å². The summed E-state index contributed by atoms with van der Waals surface area (Å²) in [6.07, 6.45) is 0. The number of para-hydroxylation sites is 3. The lowest BCUT2D eigenvalue weighted by molar-refractivity contribution is 0.653. The van der Waals surface area contributed by atoms with Gasteiger partial charge in [-0.05, 0) is 46.5 Å². The fraction of sp³-hybridized carbons (Fsp3) is 0.0769. The monoisotopic (exact) mass is 541 g/mol. The van der Waals surface area contributed by atoms with Crippen LogP contribution < -0.4 is 5.32 Å². The molecule has 6 aromatic carbocycles. The lowest BCUT2D eigenvalue weighted by Gasteiger charge is -2.21. The fourth-order valence-electron chi connectivity index (χ4n) is 7.00. The Morgan fingerprint density at radius 3 is 2.07 bits per heavy atom. The van der Waals surface area contributed by atoms with Gasteiger partial charge in [0.2, 0.25) is 0 Å². The van der Waals surface area contributed by atoms with Crippen molar-refractivity contribution in [2.75, 3.05) is 5.32 Å². The van der Waals surface area contributed by atoms with E-state index in [1.54, 1.807) is 0 Å². The molecular weight excluding hydrogens is 514 g/mol. The van der Waals surface area contributed by atoms with Crippen LogP contribution in [-0.2, 0) is 5.41 Å². The van der Waals surface area contributed by atoms with Gasteiger partial charge >= 0.3 is 0 Å². The van der Waals surface area contributed by atoms with Crippen LogP contribution in [0.2, 0.25) is 0 Å². The second kappa shape index (κ2) is 8.37. The molecule has 0 radical (unpaired) electrons. The molecule has 2 aromatic heterocycles. The van der Waals surface area contributed by atoms with Gasteiger partial charge in [-0.2, -0.15) is 0 Å². The van der Waals surface area contributed by atoms with Crippen LogP contribution >= 0.6 is 0 Å². The summed E-state index contributed by atoms with van der Waals surface area (Å²) in [5.41, 5.74) is 12.9. The number of fused-ring (bicyclic) bond motifs is 10. The van der Waals surface area contributed by atoms with Crippen LogP contribution in [0.3, 0.4) is 0 Å². The third-order valence-electron chi connectivity index (χ3n) is 9.09. The van der Waals surface area contributed by atoms with Gasteiger partial charge in [-0.25, -0.2) is 0 Å². The zero-order valence-electron chi connectivity index (χ0n) is 23.4. The molecule has 0 aliphatic heterocycles. The van der Waals surface area contributed by atoms with Crippen LogP contribution in [0.25, 0.3) is 66.1 Å². The molecule has 0 amide bonds. The van der Waals surface area contributed by atoms with Gasteiger partial charge in [0.15, 0.2) is 5.58 Å². The molecule has 9 rings (SSSR count). The van der Waals surface area contributed by atoms with Crippen molar-refractivity contribution in [3.63, 3.8) is 0 Å². The predicted octanol–water partition coefficient (Wildman–Crippen LogP) is 11.2. The second-order valence-corrected chi connectivity index (χ2v) is 11.8. The van der Waals surface area contributed by atoms with E-state index in [1.165, 1.54) is 22.3 Å². The molecule has 1 N–H and O–H groups in total. The van der Waals surface area contributed by atoms with Crippen molar-refractivity contribution < 1.29 is 8.83 Å². The third-order valence-corrected chi connectivity index (χ3v) is 9.09. The number of nitrogens with one attached hydrogen (secondary N) is 1. The highest BCUT2D eigenvalue weighted by molar-refractivity contribution is 6.14. The number of hydrogen-bond donors (Lipinski definition) is 1.